The van der Waals surface area contributed by atoms with Crippen LogP contribution in [0.25, 0.3) is 27.5 Å². The molecule has 0 aliphatic carbocycles. The van der Waals surface area contributed by atoms with Gasteiger partial charge in [0.1, 0.15) is 5.75 Å². The number of phenols is 1. The molecule has 22 heavy (non-hydrogen) atoms. The highest BCUT2D eigenvalue weighted by Crippen LogP contribution is 2.36. The van der Waals surface area contributed by atoms with E-state index in [1.807, 2.05) is 30.3 Å². The van der Waals surface area contributed by atoms with Crippen LogP contribution in [0.4, 0.5) is 0 Å². The fourth-order valence-corrected chi connectivity index (χ4v) is 3.66. The summed E-state index contributed by atoms with van der Waals surface area (Å²) in [5, 5.41) is 13.1. The van der Waals surface area contributed by atoms with E-state index in [1.54, 1.807) is 0 Å². The number of para-hydroxylation sites is 3. The molecule has 0 spiro atoms. The molecule has 3 aromatic carbocycles. The van der Waals surface area contributed by atoms with Crippen molar-refractivity contribution in [2.24, 2.45) is 0 Å². The van der Waals surface area contributed by atoms with Crippen LogP contribution < -0.4 is 0 Å². The fraction of sp³-hybridized carbons (Fsp3) is 0.0526. The molecule has 0 saturated carbocycles. The van der Waals surface area contributed by atoms with Gasteiger partial charge >= 0.3 is 0 Å². The maximum Gasteiger partial charge on any atom is 0.143 e. The summed E-state index contributed by atoms with van der Waals surface area (Å²) < 4.78 is 2.93. The van der Waals surface area contributed by atoms with Crippen molar-refractivity contribution in [2.45, 2.75) is 4.43 Å². The first-order valence-corrected chi connectivity index (χ1v) is 8.69. The van der Waals surface area contributed by atoms with Gasteiger partial charge in [0.2, 0.25) is 0 Å². The van der Waals surface area contributed by atoms with Crippen LogP contribution in [0.15, 0.2) is 66.7 Å². The van der Waals surface area contributed by atoms with Crippen molar-refractivity contribution >= 4 is 44.4 Å². The number of alkyl halides is 1. The van der Waals surface area contributed by atoms with Gasteiger partial charge in [-0.1, -0.05) is 71.1 Å². The molecule has 2 nitrogen and oxygen atoms in total. The Bertz CT molecular complexity index is 934. The van der Waals surface area contributed by atoms with E-state index in [0.29, 0.717) is 5.75 Å². The number of nitrogens with zero attached hydrogens (tertiary/aromatic N) is 1. The first-order valence-electron chi connectivity index (χ1n) is 7.16. The van der Waals surface area contributed by atoms with Crippen LogP contribution in [0, 0.1) is 0 Å². The number of halogens is 1. The van der Waals surface area contributed by atoms with Crippen LogP contribution in [0.1, 0.15) is 5.56 Å². The van der Waals surface area contributed by atoms with Gasteiger partial charge in [-0.2, -0.15) is 0 Å². The van der Waals surface area contributed by atoms with Gasteiger partial charge < -0.3 is 9.67 Å². The summed E-state index contributed by atoms with van der Waals surface area (Å²) in [6.07, 6.45) is 0. The van der Waals surface area contributed by atoms with Gasteiger partial charge in [-0.15, -0.1) is 0 Å². The maximum absolute atomic E-state index is 10.7. The van der Waals surface area contributed by atoms with E-state index < -0.39 is 0 Å². The summed E-state index contributed by atoms with van der Waals surface area (Å²) in [6.45, 7) is 0. The van der Waals surface area contributed by atoms with Crippen molar-refractivity contribution in [1.82, 2.24) is 4.57 Å². The number of aromatic nitrogens is 1. The molecule has 0 atom stereocenters. The maximum atomic E-state index is 10.7. The zero-order chi connectivity index (χ0) is 15.1. The Morgan fingerprint density at radius 2 is 1.36 bits per heavy atom. The third-order valence-electron chi connectivity index (χ3n) is 4.06. The minimum atomic E-state index is 0.364. The molecule has 4 rings (SSSR count). The highest BCUT2D eigenvalue weighted by Gasteiger charge is 2.15. The molecule has 0 aliphatic rings. The predicted molar refractivity (Wildman–Crippen MR) is 100 cm³/mol. The molecule has 0 aliphatic heterocycles. The summed E-state index contributed by atoms with van der Waals surface area (Å²) in [7, 11) is 0. The zero-order valence-electron chi connectivity index (χ0n) is 11.8. The first-order chi connectivity index (χ1) is 10.8. The Labute approximate surface area is 142 Å². The molecule has 0 unspecified atom stereocenters. The van der Waals surface area contributed by atoms with Crippen LogP contribution in [-0.2, 0) is 4.43 Å². The smallest absolute Gasteiger partial charge is 0.143 e. The zero-order valence-corrected chi connectivity index (χ0v) is 14.0. The second-order valence-corrected chi connectivity index (χ2v) is 6.05. The molecule has 108 valence electrons. The highest BCUT2D eigenvalue weighted by molar-refractivity contribution is 14.1. The molecule has 0 amide bonds. The molecule has 0 fully saturated rings. The number of aromatic hydroxyl groups is 1. The van der Waals surface area contributed by atoms with Gasteiger partial charge in [-0.05, 0) is 18.2 Å². The topological polar surface area (TPSA) is 25.2 Å². The molecule has 1 heterocycles. The predicted octanol–water partition coefficient (Wildman–Crippen LogP) is 5.42. The van der Waals surface area contributed by atoms with Crippen LogP contribution in [0.5, 0.6) is 5.75 Å². The average Bonchev–Trinajstić information content (AvgIpc) is 2.90. The monoisotopic (exact) mass is 399 g/mol. The Morgan fingerprint density at radius 3 is 1.95 bits per heavy atom. The molecule has 0 radical (unpaired) electrons. The molecular formula is C19H14INO. The van der Waals surface area contributed by atoms with E-state index in [-0.39, 0.29) is 0 Å². The third kappa shape index (κ3) is 1.92. The number of phenolic OH excluding ortho intramolecular Hbond substituents is 1. The van der Waals surface area contributed by atoms with Crippen molar-refractivity contribution in [3.05, 3.63) is 72.3 Å². The largest absolute Gasteiger partial charge is 0.505 e. The summed E-state index contributed by atoms with van der Waals surface area (Å²) in [4.78, 5) is 0. The first kappa shape index (κ1) is 13.6. The third-order valence-corrected chi connectivity index (χ3v) is 4.89. The lowest BCUT2D eigenvalue weighted by Crippen LogP contribution is -1.96. The highest BCUT2D eigenvalue weighted by atomic mass is 127. The minimum Gasteiger partial charge on any atom is -0.505 e. The van der Waals surface area contributed by atoms with Gasteiger partial charge in [0.25, 0.3) is 0 Å². The van der Waals surface area contributed by atoms with E-state index in [1.165, 1.54) is 10.8 Å². The lowest BCUT2D eigenvalue weighted by Gasteiger charge is -2.12. The molecule has 3 heteroatoms. The van der Waals surface area contributed by atoms with Crippen LogP contribution in [0.2, 0.25) is 0 Å². The van der Waals surface area contributed by atoms with E-state index in [4.69, 9.17) is 0 Å². The van der Waals surface area contributed by atoms with E-state index >= 15 is 0 Å². The lowest BCUT2D eigenvalue weighted by atomic mass is 10.2. The Kier molecular flexibility index (Phi) is 3.30. The van der Waals surface area contributed by atoms with Gasteiger partial charge in [0, 0.05) is 20.8 Å². The van der Waals surface area contributed by atoms with Gasteiger partial charge in [0.05, 0.1) is 16.7 Å². The van der Waals surface area contributed by atoms with E-state index in [9.17, 15) is 5.11 Å². The molecule has 1 N–H and O–H groups in total. The Balaban J connectivity index is 2.18. The van der Waals surface area contributed by atoms with Gasteiger partial charge in [-0.25, -0.2) is 0 Å². The summed E-state index contributed by atoms with van der Waals surface area (Å²) in [5.74, 6) is 0.364. The number of hydrogen-bond donors (Lipinski definition) is 1. The van der Waals surface area contributed by atoms with Crippen molar-refractivity contribution in [1.29, 1.82) is 0 Å². The van der Waals surface area contributed by atoms with Crippen molar-refractivity contribution in [2.75, 3.05) is 0 Å². The molecule has 4 aromatic rings. The Hall–Kier alpha value is -2.01. The molecule has 1 aromatic heterocycles. The minimum absolute atomic E-state index is 0.364. The molecule has 0 saturated heterocycles. The van der Waals surface area contributed by atoms with Gasteiger partial charge in [0.15, 0.2) is 0 Å². The van der Waals surface area contributed by atoms with Gasteiger partial charge in [-0.3, -0.25) is 0 Å². The van der Waals surface area contributed by atoms with Crippen molar-refractivity contribution in [3.63, 3.8) is 0 Å². The number of rotatable bonds is 2. The standard InChI is InChI=1S/C19H14INO/c20-12-13-6-5-11-18(19(13)22)21-16-9-3-1-7-14(16)15-8-2-4-10-17(15)21/h1-11,22H,12H2. The molecular weight excluding hydrogens is 385 g/mol. The summed E-state index contributed by atoms with van der Waals surface area (Å²) >= 11 is 2.28. The molecule has 0 bridgehead atoms. The van der Waals surface area contributed by atoms with Crippen molar-refractivity contribution in [3.8, 4) is 11.4 Å². The van der Waals surface area contributed by atoms with Crippen LogP contribution in [0.3, 0.4) is 0 Å². The lowest BCUT2D eigenvalue weighted by molar-refractivity contribution is 0.469. The number of hydrogen-bond acceptors (Lipinski definition) is 1. The number of fused-ring (bicyclic) bond motifs is 3. The normalized spacial score (nSPS) is 11.3. The Morgan fingerprint density at radius 1 is 0.773 bits per heavy atom. The van der Waals surface area contributed by atoms with Crippen LogP contribution >= 0.6 is 22.6 Å². The summed E-state index contributed by atoms with van der Waals surface area (Å²) in [6, 6.07) is 22.6. The number of benzene rings is 3. The van der Waals surface area contributed by atoms with Crippen molar-refractivity contribution < 1.29 is 5.11 Å². The average molecular weight is 399 g/mol. The van der Waals surface area contributed by atoms with Crippen LogP contribution in [-0.4, -0.2) is 9.67 Å². The second kappa shape index (κ2) is 5.32. The SMILES string of the molecule is Oc1c(CI)cccc1-n1c2ccccc2c2ccccc21. The quantitative estimate of drug-likeness (QED) is 0.353. The van der Waals surface area contributed by atoms with E-state index in [0.717, 1.165) is 26.7 Å². The van der Waals surface area contributed by atoms with E-state index in [2.05, 4.69) is 63.6 Å². The second-order valence-electron chi connectivity index (χ2n) is 5.29. The fourth-order valence-electron chi connectivity index (χ4n) is 3.05. The summed E-state index contributed by atoms with van der Waals surface area (Å²) in [5.41, 5.74) is 4.03.